The molecule has 0 saturated heterocycles. The monoisotopic (exact) mass is 317 g/mol. The Morgan fingerprint density at radius 3 is 2.67 bits per heavy atom. The van der Waals surface area contributed by atoms with Crippen molar-refractivity contribution in [3.63, 3.8) is 0 Å². The van der Waals surface area contributed by atoms with Crippen LogP contribution in [-0.4, -0.2) is 19.9 Å². The zero-order chi connectivity index (χ0) is 14.7. The number of halogens is 1. The molecule has 0 radical (unpaired) electrons. The van der Waals surface area contributed by atoms with E-state index in [4.69, 9.17) is 17.4 Å². The number of pyridine rings is 1. The molecule has 0 bridgehead atoms. The lowest BCUT2D eigenvalue weighted by molar-refractivity contribution is 0.848. The summed E-state index contributed by atoms with van der Waals surface area (Å²) < 4.78 is 1.45. The van der Waals surface area contributed by atoms with Crippen molar-refractivity contribution < 1.29 is 0 Å². The molecule has 2 heterocycles. The molecule has 21 heavy (non-hydrogen) atoms. The molecule has 2 N–H and O–H groups in total. The fraction of sp³-hybridized carbons (Fsp3) is 0.0714. The van der Waals surface area contributed by atoms with E-state index in [-0.39, 0.29) is 0 Å². The van der Waals surface area contributed by atoms with Crippen molar-refractivity contribution in [3.8, 4) is 11.5 Å². The van der Waals surface area contributed by atoms with Gasteiger partial charge in [0.1, 0.15) is 5.69 Å². The fourth-order valence-corrected chi connectivity index (χ4v) is 2.95. The molecular formula is C14H12ClN5S. The topological polar surface area (TPSA) is 69.6 Å². The molecule has 1 aromatic carbocycles. The van der Waals surface area contributed by atoms with E-state index in [1.54, 1.807) is 6.20 Å². The van der Waals surface area contributed by atoms with Gasteiger partial charge in [-0.3, -0.25) is 4.98 Å². The van der Waals surface area contributed by atoms with Crippen molar-refractivity contribution in [2.75, 3.05) is 5.84 Å². The van der Waals surface area contributed by atoms with Crippen LogP contribution in [0.15, 0.2) is 53.8 Å². The first-order valence-electron chi connectivity index (χ1n) is 6.24. The number of nitrogen functional groups attached to an aromatic ring is 1. The van der Waals surface area contributed by atoms with Crippen molar-refractivity contribution in [1.82, 2.24) is 19.9 Å². The average molecular weight is 318 g/mol. The number of nitrogens with two attached hydrogens (primary N) is 1. The van der Waals surface area contributed by atoms with Gasteiger partial charge in [-0.05, 0) is 23.8 Å². The second-order valence-corrected chi connectivity index (χ2v) is 5.62. The number of thioether (sulfide) groups is 1. The third-order valence-corrected chi connectivity index (χ3v) is 4.23. The summed E-state index contributed by atoms with van der Waals surface area (Å²) in [6, 6.07) is 13.3. The molecule has 106 valence electrons. The van der Waals surface area contributed by atoms with E-state index < -0.39 is 0 Å². The van der Waals surface area contributed by atoms with Gasteiger partial charge in [0.05, 0.1) is 0 Å². The molecule has 0 amide bonds. The Bertz CT molecular complexity index is 744. The second-order valence-electron chi connectivity index (χ2n) is 4.27. The summed E-state index contributed by atoms with van der Waals surface area (Å²) in [7, 11) is 0. The van der Waals surface area contributed by atoms with Crippen LogP contribution in [0.5, 0.6) is 0 Å². The fourth-order valence-electron chi connectivity index (χ4n) is 1.80. The Balaban J connectivity index is 1.79. The zero-order valence-corrected chi connectivity index (χ0v) is 12.6. The van der Waals surface area contributed by atoms with Gasteiger partial charge < -0.3 is 5.84 Å². The van der Waals surface area contributed by atoms with Crippen molar-refractivity contribution in [1.29, 1.82) is 0 Å². The Hall–Kier alpha value is -2.05. The third-order valence-electron chi connectivity index (χ3n) is 2.87. The highest BCUT2D eigenvalue weighted by atomic mass is 35.5. The van der Waals surface area contributed by atoms with E-state index in [1.165, 1.54) is 16.4 Å². The smallest absolute Gasteiger partial charge is 0.210 e. The summed E-state index contributed by atoms with van der Waals surface area (Å²) in [6.07, 6.45) is 1.70. The Labute approximate surface area is 131 Å². The van der Waals surface area contributed by atoms with Gasteiger partial charge in [0, 0.05) is 17.0 Å². The van der Waals surface area contributed by atoms with Crippen LogP contribution in [0, 0.1) is 0 Å². The van der Waals surface area contributed by atoms with Gasteiger partial charge in [0.15, 0.2) is 0 Å². The molecule has 5 nitrogen and oxygen atoms in total. The second kappa shape index (κ2) is 6.15. The first kappa shape index (κ1) is 13.9. The molecule has 0 aliphatic rings. The highest BCUT2D eigenvalue weighted by molar-refractivity contribution is 7.98. The molecule has 0 aliphatic carbocycles. The molecule has 0 aliphatic heterocycles. The minimum Gasteiger partial charge on any atom is -0.335 e. The van der Waals surface area contributed by atoms with Crippen molar-refractivity contribution in [3.05, 3.63) is 59.2 Å². The maximum atomic E-state index is 6.13. The number of nitrogens with zero attached hydrogens (tertiary/aromatic N) is 4. The number of benzene rings is 1. The van der Waals surface area contributed by atoms with Crippen LogP contribution in [-0.2, 0) is 5.75 Å². The van der Waals surface area contributed by atoms with Gasteiger partial charge in [-0.1, -0.05) is 47.6 Å². The lowest BCUT2D eigenvalue weighted by Gasteiger charge is -2.04. The van der Waals surface area contributed by atoms with Crippen LogP contribution in [0.25, 0.3) is 11.5 Å². The van der Waals surface area contributed by atoms with Crippen LogP contribution < -0.4 is 5.84 Å². The maximum Gasteiger partial charge on any atom is 0.210 e. The first-order chi connectivity index (χ1) is 10.3. The molecule has 3 aromatic rings. The largest absolute Gasteiger partial charge is 0.335 e. The van der Waals surface area contributed by atoms with Gasteiger partial charge in [-0.25, -0.2) is 4.68 Å². The van der Waals surface area contributed by atoms with E-state index in [0.717, 1.165) is 10.6 Å². The van der Waals surface area contributed by atoms with E-state index in [0.29, 0.717) is 22.4 Å². The van der Waals surface area contributed by atoms with Crippen LogP contribution in [0.4, 0.5) is 0 Å². The van der Waals surface area contributed by atoms with E-state index in [1.807, 2.05) is 42.5 Å². The summed E-state index contributed by atoms with van der Waals surface area (Å²) in [4.78, 5) is 4.22. The molecule has 0 fully saturated rings. The number of hydrogen-bond donors (Lipinski definition) is 1. The molecule has 0 spiro atoms. The summed E-state index contributed by atoms with van der Waals surface area (Å²) in [6.45, 7) is 0. The van der Waals surface area contributed by atoms with Crippen molar-refractivity contribution in [2.24, 2.45) is 0 Å². The standard InChI is InChI=1S/C14H12ClN5S/c15-11-6-2-1-5-10(11)9-21-14-19-18-13(20(14)16)12-7-3-4-8-17-12/h1-8H,9,16H2. The van der Waals surface area contributed by atoms with Gasteiger partial charge in [0.2, 0.25) is 11.0 Å². The number of rotatable bonds is 4. The van der Waals surface area contributed by atoms with Crippen LogP contribution in [0.2, 0.25) is 5.02 Å². The minimum absolute atomic E-state index is 0.539. The lowest BCUT2D eigenvalue weighted by atomic mass is 10.2. The lowest BCUT2D eigenvalue weighted by Crippen LogP contribution is -2.12. The van der Waals surface area contributed by atoms with Gasteiger partial charge >= 0.3 is 0 Å². The molecular weight excluding hydrogens is 306 g/mol. The molecule has 7 heteroatoms. The number of hydrogen-bond acceptors (Lipinski definition) is 5. The Morgan fingerprint density at radius 2 is 1.90 bits per heavy atom. The summed E-state index contributed by atoms with van der Waals surface area (Å²) >= 11 is 7.62. The zero-order valence-electron chi connectivity index (χ0n) is 11.0. The van der Waals surface area contributed by atoms with Gasteiger partial charge in [-0.15, -0.1) is 10.2 Å². The van der Waals surface area contributed by atoms with Crippen LogP contribution >= 0.6 is 23.4 Å². The summed E-state index contributed by atoms with van der Waals surface area (Å²) in [5, 5.41) is 9.55. The average Bonchev–Trinajstić information content (AvgIpc) is 2.88. The normalized spacial score (nSPS) is 10.7. The van der Waals surface area contributed by atoms with Crippen LogP contribution in [0.3, 0.4) is 0 Å². The third kappa shape index (κ3) is 3.01. The molecule has 0 unspecified atom stereocenters. The Kier molecular flexibility index (Phi) is 4.08. The van der Waals surface area contributed by atoms with E-state index in [2.05, 4.69) is 15.2 Å². The highest BCUT2D eigenvalue weighted by Gasteiger charge is 2.13. The number of aromatic nitrogens is 4. The first-order valence-corrected chi connectivity index (χ1v) is 7.60. The van der Waals surface area contributed by atoms with Crippen molar-refractivity contribution in [2.45, 2.75) is 10.9 Å². The predicted octanol–water partition coefficient (Wildman–Crippen LogP) is 3.00. The molecule has 0 saturated carbocycles. The van der Waals surface area contributed by atoms with Crippen molar-refractivity contribution >= 4 is 23.4 Å². The van der Waals surface area contributed by atoms with E-state index >= 15 is 0 Å². The van der Waals surface area contributed by atoms with E-state index in [9.17, 15) is 0 Å². The minimum atomic E-state index is 0.539. The van der Waals surface area contributed by atoms with Gasteiger partial charge in [-0.2, -0.15) is 0 Å². The SMILES string of the molecule is Nn1c(SCc2ccccc2Cl)nnc1-c1ccccn1. The van der Waals surface area contributed by atoms with Crippen LogP contribution in [0.1, 0.15) is 5.56 Å². The van der Waals surface area contributed by atoms with Gasteiger partial charge in [0.25, 0.3) is 0 Å². The molecule has 2 aromatic heterocycles. The summed E-state index contributed by atoms with van der Waals surface area (Å²) in [5.41, 5.74) is 1.73. The highest BCUT2D eigenvalue weighted by Crippen LogP contribution is 2.26. The molecule has 0 atom stereocenters. The predicted molar refractivity (Wildman–Crippen MR) is 84.4 cm³/mol. The quantitative estimate of drug-likeness (QED) is 0.591. The maximum absolute atomic E-state index is 6.13. The summed E-state index contributed by atoms with van der Waals surface area (Å²) in [5.74, 6) is 7.25. The molecule has 3 rings (SSSR count). The Morgan fingerprint density at radius 1 is 1.10 bits per heavy atom.